The van der Waals surface area contributed by atoms with Gasteiger partial charge in [0.15, 0.2) is 5.82 Å². The number of amides is 1. The van der Waals surface area contributed by atoms with Gasteiger partial charge in [-0.05, 0) is 17.7 Å². The monoisotopic (exact) mass is 387 g/mol. The smallest absolute Gasteiger partial charge is 0.262 e. The van der Waals surface area contributed by atoms with Gasteiger partial charge in [-0.2, -0.15) is 10.5 Å². The van der Waals surface area contributed by atoms with E-state index in [4.69, 9.17) is 17.3 Å². The molecule has 0 spiro atoms. The molecule has 0 saturated heterocycles. The Labute approximate surface area is 155 Å². The van der Waals surface area contributed by atoms with Crippen LogP contribution in [0.2, 0.25) is 5.02 Å². The van der Waals surface area contributed by atoms with Crippen LogP contribution in [0.3, 0.4) is 0 Å². The number of rotatable bonds is 5. The lowest BCUT2D eigenvalue weighted by atomic mass is 9.96. The molecule has 0 saturated carbocycles. The number of pyridine rings is 1. The zero-order valence-corrected chi connectivity index (χ0v) is 14.6. The van der Waals surface area contributed by atoms with Crippen LogP contribution < -0.4 is 11.3 Å². The van der Waals surface area contributed by atoms with Gasteiger partial charge in [-0.1, -0.05) is 40.7 Å². The maximum Gasteiger partial charge on any atom is 0.262 e. The number of halogens is 1. The van der Waals surface area contributed by atoms with Crippen molar-refractivity contribution in [3.05, 3.63) is 56.6 Å². The van der Waals surface area contributed by atoms with Gasteiger partial charge in [0, 0.05) is 10.6 Å². The number of carbonyl (C=O) groups is 1. The third-order valence-corrected chi connectivity index (χ3v) is 4.66. The van der Waals surface area contributed by atoms with Crippen LogP contribution >= 0.6 is 23.4 Å². The predicted octanol–water partition coefficient (Wildman–Crippen LogP) is 1.47. The molecule has 9 nitrogen and oxygen atoms in total. The summed E-state index contributed by atoms with van der Waals surface area (Å²) in [7, 11) is 0. The lowest BCUT2D eigenvalue weighted by molar-refractivity contribution is 0.0999. The minimum absolute atomic E-state index is 0.120. The first-order valence-electron chi connectivity index (χ1n) is 7.12. The Kier molecular flexibility index (Phi) is 5.01. The molecule has 2 heterocycles. The molecular formula is C15H10ClN7O2S. The summed E-state index contributed by atoms with van der Waals surface area (Å²) >= 11 is 7.03. The topological polar surface area (TPSA) is 154 Å². The van der Waals surface area contributed by atoms with E-state index < -0.39 is 11.5 Å². The number of tetrazole rings is 1. The Bertz CT molecular complexity index is 1060. The fraction of sp³-hybridized carbons (Fsp3) is 0.0667. The fourth-order valence-electron chi connectivity index (χ4n) is 2.32. The molecule has 11 heteroatoms. The molecule has 1 aromatic carbocycles. The summed E-state index contributed by atoms with van der Waals surface area (Å²) in [5, 5.41) is 23.8. The number of benzene rings is 1. The number of hydrogen-bond acceptors (Lipinski definition) is 7. The first kappa shape index (κ1) is 17.7. The number of nitriles is 1. The average molecular weight is 388 g/mol. The minimum atomic E-state index is -0.928. The quantitative estimate of drug-likeness (QED) is 0.560. The van der Waals surface area contributed by atoms with Gasteiger partial charge >= 0.3 is 0 Å². The van der Waals surface area contributed by atoms with Crippen LogP contribution in [0.4, 0.5) is 0 Å². The highest BCUT2D eigenvalue weighted by molar-refractivity contribution is 7.98. The molecule has 1 amide bonds. The Hall–Kier alpha value is -3.16. The molecule has 0 aliphatic heterocycles. The van der Waals surface area contributed by atoms with E-state index in [1.165, 1.54) is 0 Å². The van der Waals surface area contributed by atoms with Crippen LogP contribution in [0, 0.1) is 11.3 Å². The van der Waals surface area contributed by atoms with Crippen molar-refractivity contribution >= 4 is 29.3 Å². The molecule has 0 radical (unpaired) electrons. The van der Waals surface area contributed by atoms with Crippen LogP contribution in [0.25, 0.3) is 11.1 Å². The molecule has 2 aromatic heterocycles. The number of aromatic amines is 2. The van der Waals surface area contributed by atoms with E-state index in [1.807, 2.05) is 6.07 Å². The van der Waals surface area contributed by atoms with Crippen LogP contribution in [0.1, 0.15) is 21.7 Å². The molecule has 26 heavy (non-hydrogen) atoms. The van der Waals surface area contributed by atoms with E-state index in [1.54, 1.807) is 24.3 Å². The summed E-state index contributed by atoms with van der Waals surface area (Å²) in [6, 6.07) is 8.44. The second-order valence-electron chi connectivity index (χ2n) is 5.01. The molecule has 3 rings (SSSR count). The number of primary amides is 1. The number of aromatic nitrogens is 5. The van der Waals surface area contributed by atoms with Crippen molar-refractivity contribution in [1.29, 1.82) is 5.26 Å². The van der Waals surface area contributed by atoms with Gasteiger partial charge in [-0.25, -0.2) is 0 Å². The largest absolute Gasteiger partial charge is 0.365 e. The van der Waals surface area contributed by atoms with E-state index in [0.29, 0.717) is 16.4 Å². The van der Waals surface area contributed by atoms with Crippen molar-refractivity contribution in [2.24, 2.45) is 5.73 Å². The summed E-state index contributed by atoms with van der Waals surface area (Å²) in [5.74, 6) is -0.272. The summed E-state index contributed by atoms with van der Waals surface area (Å²) in [6.07, 6.45) is 0. The minimum Gasteiger partial charge on any atom is -0.365 e. The molecule has 0 fully saturated rings. The van der Waals surface area contributed by atoms with Gasteiger partial charge in [0.25, 0.3) is 11.5 Å². The number of nitrogens with two attached hydrogens (primary N) is 1. The van der Waals surface area contributed by atoms with Gasteiger partial charge in [0.2, 0.25) is 0 Å². The summed E-state index contributed by atoms with van der Waals surface area (Å²) < 4.78 is 0. The standard InChI is InChI=1S/C15H10ClN7O2S/c16-8-3-1-7(2-4-8)11-9(5-17)15(19-14(25)12(11)13(18)24)26-6-10-20-22-23-21-10/h1-4H,6H2,(H2,18,24)(H,19,25)(H,20,21,22,23). The van der Waals surface area contributed by atoms with Gasteiger partial charge in [0.1, 0.15) is 11.6 Å². The normalized spacial score (nSPS) is 10.5. The molecule has 4 N–H and O–H groups in total. The van der Waals surface area contributed by atoms with Crippen molar-refractivity contribution in [3.8, 4) is 17.2 Å². The number of nitrogens with one attached hydrogen (secondary N) is 2. The average Bonchev–Trinajstić information content (AvgIpc) is 3.13. The number of thioether (sulfide) groups is 1. The second kappa shape index (κ2) is 7.38. The summed E-state index contributed by atoms with van der Waals surface area (Å²) in [6.45, 7) is 0. The van der Waals surface area contributed by atoms with Gasteiger partial charge in [-0.15, -0.1) is 10.2 Å². The zero-order chi connectivity index (χ0) is 18.7. The van der Waals surface area contributed by atoms with E-state index in [0.717, 1.165) is 11.8 Å². The lowest BCUT2D eigenvalue weighted by Crippen LogP contribution is -2.26. The highest BCUT2D eigenvalue weighted by Crippen LogP contribution is 2.32. The Morgan fingerprint density at radius 2 is 2.08 bits per heavy atom. The molecule has 0 atom stereocenters. The highest BCUT2D eigenvalue weighted by Gasteiger charge is 2.23. The first-order valence-corrected chi connectivity index (χ1v) is 8.49. The number of H-pyrrole nitrogens is 2. The molecule has 0 bridgehead atoms. The molecule has 0 aliphatic rings. The van der Waals surface area contributed by atoms with Crippen LogP contribution in [-0.2, 0) is 5.75 Å². The second-order valence-corrected chi connectivity index (χ2v) is 6.43. The highest BCUT2D eigenvalue weighted by atomic mass is 35.5. The van der Waals surface area contributed by atoms with Crippen LogP contribution in [0.15, 0.2) is 34.1 Å². The van der Waals surface area contributed by atoms with E-state index in [2.05, 4.69) is 25.6 Å². The Balaban J connectivity index is 2.18. The number of nitrogens with zero attached hydrogens (tertiary/aromatic N) is 4. The first-order chi connectivity index (χ1) is 12.5. The predicted molar refractivity (Wildman–Crippen MR) is 94.5 cm³/mol. The molecule has 130 valence electrons. The SMILES string of the molecule is N#Cc1c(SCc2nn[nH]n2)[nH]c(=O)c(C(N)=O)c1-c1ccc(Cl)cc1. The summed E-state index contributed by atoms with van der Waals surface area (Å²) in [4.78, 5) is 26.8. The van der Waals surface area contributed by atoms with Gasteiger partial charge in [-0.3, -0.25) is 9.59 Å². The van der Waals surface area contributed by atoms with Crippen molar-refractivity contribution in [3.63, 3.8) is 0 Å². The van der Waals surface area contributed by atoms with Gasteiger partial charge < -0.3 is 10.7 Å². The van der Waals surface area contributed by atoms with Crippen LogP contribution in [-0.4, -0.2) is 31.5 Å². The maximum atomic E-state index is 12.4. The van der Waals surface area contributed by atoms with Gasteiger partial charge in [0.05, 0.1) is 16.3 Å². The summed E-state index contributed by atoms with van der Waals surface area (Å²) in [5.41, 5.74) is 5.17. The fourth-order valence-corrected chi connectivity index (χ4v) is 3.29. The molecule has 0 unspecified atom stereocenters. The van der Waals surface area contributed by atoms with Crippen molar-refractivity contribution in [1.82, 2.24) is 25.6 Å². The number of carbonyl (C=O) groups excluding carboxylic acids is 1. The van der Waals surface area contributed by atoms with Crippen molar-refractivity contribution < 1.29 is 4.79 Å². The van der Waals surface area contributed by atoms with E-state index >= 15 is 0 Å². The van der Waals surface area contributed by atoms with E-state index in [9.17, 15) is 14.9 Å². The maximum absolute atomic E-state index is 12.4. The number of hydrogen-bond donors (Lipinski definition) is 3. The third kappa shape index (κ3) is 3.44. The Morgan fingerprint density at radius 3 is 2.65 bits per heavy atom. The molecular weight excluding hydrogens is 378 g/mol. The molecule has 0 aliphatic carbocycles. The lowest BCUT2D eigenvalue weighted by Gasteiger charge is -2.12. The van der Waals surface area contributed by atoms with Crippen LogP contribution in [0.5, 0.6) is 0 Å². The third-order valence-electron chi connectivity index (χ3n) is 3.41. The zero-order valence-electron chi connectivity index (χ0n) is 13.0. The van der Waals surface area contributed by atoms with Crippen molar-refractivity contribution in [2.45, 2.75) is 10.8 Å². The Morgan fingerprint density at radius 1 is 1.35 bits per heavy atom. The van der Waals surface area contributed by atoms with E-state index in [-0.39, 0.29) is 27.5 Å². The molecule has 3 aromatic rings. The van der Waals surface area contributed by atoms with Crippen molar-refractivity contribution in [2.75, 3.05) is 0 Å².